The minimum absolute atomic E-state index is 0.0611. The van der Waals surface area contributed by atoms with Crippen LogP contribution in [0.15, 0.2) is 24.5 Å². The van der Waals surface area contributed by atoms with Gasteiger partial charge in [-0.2, -0.15) is 0 Å². The van der Waals surface area contributed by atoms with E-state index < -0.39 is 0 Å². The highest BCUT2D eigenvalue weighted by Gasteiger charge is 2.59. The standard InChI is InChI=1S/C26H36N2O3/c1-4-13-30-18-14-17(15-27-16-18)20-6-7-21-19-5-8-23-26(3,11-12-28-24(29)31-23)22(19)9-10-25(20,21)2/h6,14-16,19,21-23H,4-5,7-13H2,1-3H3,(H,28,29)/t19-,21-,22-,23?,25+,26+/m0/s1. The molecule has 2 heterocycles. The van der Waals surface area contributed by atoms with Crippen molar-refractivity contribution in [2.24, 2.45) is 28.6 Å². The first-order valence-corrected chi connectivity index (χ1v) is 12.2. The third-order valence-electron chi connectivity index (χ3n) is 9.04. The number of allylic oxidation sites excluding steroid dienone is 2. The van der Waals surface area contributed by atoms with Crippen molar-refractivity contribution in [3.8, 4) is 5.75 Å². The quantitative estimate of drug-likeness (QED) is 0.683. The highest BCUT2D eigenvalue weighted by Crippen LogP contribution is 2.65. The van der Waals surface area contributed by atoms with Crippen molar-refractivity contribution in [1.29, 1.82) is 0 Å². The van der Waals surface area contributed by atoms with Gasteiger partial charge < -0.3 is 14.8 Å². The molecule has 168 valence electrons. The summed E-state index contributed by atoms with van der Waals surface area (Å²) in [5.74, 6) is 2.85. The zero-order valence-electron chi connectivity index (χ0n) is 19.2. The maximum absolute atomic E-state index is 12.0. The predicted octanol–water partition coefficient (Wildman–Crippen LogP) is 5.60. The van der Waals surface area contributed by atoms with Crippen LogP contribution in [0.3, 0.4) is 0 Å². The smallest absolute Gasteiger partial charge is 0.407 e. The fourth-order valence-electron chi connectivity index (χ4n) is 7.45. The number of pyridine rings is 1. The van der Waals surface area contributed by atoms with Gasteiger partial charge in [0.2, 0.25) is 0 Å². The van der Waals surface area contributed by atoms with E-state index in [1.165, 1.54) is 24.0 Å². The van der Waals surface area contributed by atoms with E-state index in [1.54, 1.807) is 0 Å². The second kappa shape index (κ2) is 7.83. The second-order valence-electron chi connectivity index (χ2n) is 10.6. The summed E-state index contributed by atoms with van der Waals surface area (Å²) in [5.41, 5.74) is 2.97. The Kier molecular flexibility index (Phi) is 5.26. The molecule has 1 aromatic rings. The molecule has 1 aliphatic heterocycles. The van der Waals surface area contributed by atoms with Gasteiger partial charge in [0, 0.05) is 18.2 Å². The Morgan fingerprint density at radius 3 is 2.90 bits per heavy atom. The van der Waals surface area contributed by atoms with Crippen molar-refractivity contribution < 1.29 is 14.3 Å². The van der Waals surface area contributed by atoms with Gasteiger partial charge in [-0.05, 0) is 85.3 Å². The molecule has 5 rings (SSSR count). The van der Waals surface area contributed by atoms with E-state index in [0.717, 1.165) is 51.0 Å². The van der Waals surface area contributed by atoms with Gasteiger partial charge in [0.05, 0.1) is 12.8 Å². The van der Waals surface area contributed by atoms with Gasteiger partial charge in [-0.1, -0.05) is 26.8 Å². The minimum Gasteiger partial charge on any atom is -0.492 e. The monoisotopic (exact) mass is 424 g/mol. The van der Waals surface area contributed by atoms with Gasteiger partial charge in [0.25, 0.3) is 0 Å². The van der Waals surface area contributed by atoms with Crippen molar-refractivity contribution in [1.82, 2.24) is 10.3 Å². The molecule has 1 aromatic heterocycles. The summed E-state index contributed by atoms with van der Waals surface area (Å²) in [6.07, 6.45) is 13.9. The van der Waals surface area contributed by atoms with E-state index >= 15 is 0 Å². The topological polar surface area (TPSA) is 60.5 Å². The fourth-order valence-corrected chi connectivity index (χ4v) is 7.45. The molecule has 0 aromatic carbocycles. The van der Waals surface area contributed by atoms with Crippen LogP contribution in [0, 0.1) is 28.6 Å². The lowest BCUT2D eigenvalue weighted by Crippen LogP contribution is -2.53. The molecule has 1 N–H and O–H groups in total. The van der Waals surface area contributed by atoms with E-state index in [0.29, 0.717) is 17.8 Å². The number of ether oxygens (including phenoxy) is 2. The number of aromatic nitrogens is 1. The van der Waals surface area contributed by atoms with Gasteiger partial charge in [-0.25, -0.2) is 4.79 Å². The number of nitrogens with zero attached hydrogens (tertiary/aromatic N) is 1. The van der Waals surface area contributed by atoms with Gasteiger partial charge in [0.1, 0.15) is 11.9 Å². The van der Waals surface area contributed by atoms with Crippen LogP contribution in [0.4, 0.5) is 4.79 Å². The average Bonchev–Trinajstić information content (AvgIpc) is 3.03. The van der Waals surface area contributed by atoms with Crippen LogP contribution >= 0.6 is 0 Å². The Balaban J connectivity index is 1.40. The number of carbonyl (C=O) groups excluding carboxylic acids is 1. The molecule has 3 fully saturated rings. The molecular weight excluding hydrogens is 388 g/mol. The van der Waals surface area contributed by atoms with Gasteiger partial charge in [-0.3, -0.25) is 4.98 Å². The van der Waals surface area contributed by atoms with Crippen molar-refractivity contribution >= 4 is 11.7 Å². The first-order valence-electron chi connectivity index (χ1n) is 12.2. The van der Waals surface area contributed by atoms with Crippen LogP contribution in [-0.2, 0) is 4.74 Å². The number of amides is 1. The number of carbonyl (C=O) groups is 1. The van der Waals surface area contributed by atoms with Crippen molar-refractivity contribution in [2.75, 3.05) is 13.2 Å². The Hall–Kier alpha value is -2.04. The molecule has 5 heteroatoms. The van der Waals surface area contributed by atoms with Crippen LogP contribution in [0.1, 0.15) is 71.3 Å². The van der Waals surface area contributed by atoms with Crippen LogP contribution in [-0.4, -0.2) is 30.3 Å². The molecule has 31 heavy (non-hydrogen) atoms. The minimum atomic E-state index is -0.227. The van der Waals surface area contributed by atoms with Crippen LogP contribution in [0.2, 0.25) is 0 Å². The number of hydrogen-bond donors (Lipinski definition) is 1. The predicted molar refractivity (Wildman–Crippen MR) is 121 cm³/mol. The summed E-state index contributed by atoms with van der Waals surface area (Å²) in [6.45, 7) is 8.46. The van der Waals surface area contributed by atoms with Gasteiger partial charge >= 0.3 is 6.09 Å². The summed E-state index contributed by atoms with van der Waals surface area (Å²) >= 11 is 0. The first-order chi connectivity index (χ1) is 15.0. The first kappa shape index (κ1) is 20.8. The van der Waals surface area contributed by atoms with E-state index in [9.17, 15) is 4.79 Å². The summed E-state index contributed by atoms with van der Waals surface area (Å²) in [4.78, 5) is 16.5. The van der Waals surface area contributed by atoms with E-state index in [4.69, 9.17) is 9.47 Å². The van der Waals surface area contributed by atoms with Crippen molar-refractivity contribution in [3.63, 3.8) is 0 Å². The van der Waals surface area contributed by atoms with Gasteiger partial charge in [-0.15, -0.1) is 0 Å². The Bertz CT molecular complexity index is 883. The lowest BCUT2D eigenvalue weighted by Gasteiger charge is -2.57. The average molecular weight is 425 g/mol. The Labute approximate surface area is 186 Å². The molecule has 1 amide bonds. The van der Waals surface area contributed by atoms with E-state index in [2.05, 4.69) is 43.2 Å². The molecular formula is C26H36N2O3. The summed E-state index contributed by atoms with van der Waals surface area (Å²) in [7, 11) is 0. The Morgan fingerprint density at radius 1 is 1.19 bits per heavy atom. The molecule has 0 radical (unpaired) electrons. The molecule has 4 aliphatic rings. The molecule has 2 saturated carbocycles. The normalized spacial score (nSPS) is 39.2. The highest BCUT2D eigenvalue weighted by atomic mass is 16.6. The maximum atomic E-state index is 12.0. The largest absolute Gasteiger partial charge is 0.492 e. The Morgan fingerprint density at radius 2 is 2.06 bits per heavy atom. The number of fused-ring (bicyclic) bond motifs is 5. The number of hydrogen-bond acceptors (Lipinski definition) is 4. The van der Waals surface area contributed by atoms with Crippen LogP contribution < -0.4 is 10.1 Å². The number of nitrogens with one attached hydrogen (secondary N) is 1. The zero-order valence-corrected chi connectivity index (χ0v) is 19.2. The molecule has 0 bridgehead atoms. The van der Waals surface area contributed by atoms with Crippen molar-refractivity contribution in [3.05, 3.63) is 30.1 Å². The molecule has 5 nitrogen and oxygen atoms in total. The lowest BCUT2D eigenvalue weighted by molar-refractivity contribution is -0.113. The lowest BCUT2D eigenvalue weighted by atomic mass is 9.48. The second-order valence-corrected chi connectivity index (χ2v) is 10.6. The number of rotatable bonds is 4. The third kappa shape index (κ3) is 3.35. The van der Waals surface area contributed by atoms with E-state index in [1.807, 2.05) is 12.4 Å². The summed E-state index contributed by atoms with van der Waals surface area (Å²) < 4.78 is 11.7. The van der Waals surface area contributed by atoms with Crippen LogP contribution in [0.25, 0.3) is 5.57 Å². The van der Waals surface area contributed by atoms with Crippen LogP contribution in [0.5, 0.6) is 5.75 Å². The number of alkyl carbamates (subject to hydrolysis) is 1. The van der Waals surface area contributed by atoms with Gasteiger partial charge in [0.15, 0.2) is 0 Å². The van der Waals surface area contributed by atoms with E-state index in [-0.39, 0.29) is 23.0 Å². The fraction of sp³-hybridized carbons (Fsp3) is 0.692. The zero-order chi connectivity index (χ0) is 21.6. The molecule has 1 unspecified atom stereocenters. The highest BCUT2D eigenvalue weighted by molar-refractivity contribution is 5.73. The SMILES string of the molecule is CCCOc1cncc(C2=CC[C@H]3[C@@H]4CCC5OC(=O)NCC[C@]5(C)[C@H]4CC[C@]23C)c1. The summed E-state index contributed by atoms with van der Waals surface area (Å²) in [6, 6.07) is 2.18. The molecule has 1 saturated heterocycles. The third-order valence-corrected chi connectivity index (χ3v) is 9.04. The molecule has 0 spiro atoms. The summed E-state index contributed by atoms with van der Waals surface area (Å²) in [5, 5.41) is 2.93. The molecule has 3 aliphatic carbocycles. The maximum Gasteiger partial charge on any atom is 0.407 e. The van der Waals surface area contributed by atoms with Crippen molar-refractivity contribution in [2.45, 2.75) is 71.8 Å². The molecule has 6 atom stereocenters.